The van der Waals surface area contributed by atoms with Gasteiger partial charge in [0.2, 0.25) is 0 Å². The van der Waals surface area contributed by atoms with Crippen molar-refractivity contribution in [1.29, 1.82) is 0 Å². The Morgan fingerprint density at radius 1 is 1.24 bits per heavy atom. The van der Waals surface area contributed by atoms with Crippen LogP contribution >= 0.6 is 0 Å². The van der Waals surface area contributed by atoms with Crippen molar-refractivity contribution in [2.45, 2.75) is 13.3 Å². The highest BCUT2D eigenvalue weighted by atomic mass is 16.4. The quantitative estimate of drug-likeness (QED) is 0.876. The van der Waals surface area contributed by atoms with Crippen molar-refractivity contribution in [2.75, 3.05) is 0 Å². The van der Waals surface area contributed by atoms with E-state index in [-0.39, 0.29) is 5.56 Å². The third-order valence-electron chi connectivity index (χ3n) is 2.51. The molecule has 0 unspecified atom stereocenters. The fourth-order valence-corrected chi connectivity index (χ4v) is 1.54. The van der Waals surface area contributed by atoms with Crippen LogP contribution in [-0.4, -0.2) is 21.0 Å². The van der Waals surface area contributed by atoms with E-state index in [2.05, 4.69) is 9.97 Å². The Kier molecular flexibility index (Phi) is 3.14. The molecule has 1 aromatic heterocycles. The molecular weight excluding hydrogens is 216 g/mol. The van der Waals surface area contributed by atoms with E-state index < -0.39 is 5.97 Å². The summed E-state index contributed by atoms with van der Waals surface area (Å²) in [5.41, 5.74) is 1.79. The molecule has 0 amide bonds. The van der Waals surface area contributed by atoms with E-state index >= 15 is 0 Å². The lowest BCUT2D eigenvalue weighted by atomic mass is 10.1. The second kappa shape index (κ2) is 4.74. The van der Waals surface area contributed by atoms with Gasteiger partial charge >= 0.3 is 5.97 Å². The molecule has 4 nitrogen and oxygen atoms in total. The number of benzene rings is 1. The zero-order valence-corrected chi connectivity index (χ0v) is 9.42. The molecule has 0 saturated heterocycles. The monoisotopic (exact) mass is 228 g/mol. The molecule has 1 heterocycles. The van der Waals surface area contributed by atoms with Crippen LogP contribution in [0.15, 0.2) is 36.7 Å². The van der Waals surface area contributed by atoms with Gasteiger partial charge in [0.05, 0.1) is 5.56 Å². The summed E-state index contributed by atoms with van der Waals surface area (Å²) in [6, 6.07) is 6.73. The second-order valence-corrected chi connectivity index (χ2v) is 3.62. The lowest BCUT2D eigenvalue weighted by Crippen LogP contribution is -2.01. The molecule has 0 radical (unpaired) electrons. The van der Waals surface area contributed by atoms with Crippen LogP contribution in [-0.2, 0) is 6.42 Å². The van der Waals surface area contributed by atoms with Crippen molar-refractivity contribution >= 4 is 5.97 Å². The van der Waals surface area contributed by atoms with Gasteiger partial charge in [-0.1, -0.05) is 25.1 Å². The number of carboxylic acid groups (broad SMARTS) is 1. The van der Waals surface area contributed by atoms with Crippen molar-refractivity contribution in [3.05, 3.63) is 47.8 Å². The van der Waals surface area contributed by atoms with Gasteiger partial charge in [-0.2, -0.15) is 0 Å². The molecule has 0 bridgehead atoms. The lowest BCUT2D eigenvalue weighted by molar-refractivity contribution is 0.0697. The normalized spacial score (nSPS) is 10.2. The number of aryl methyl sites for hydroxylation is 1. The average Bonchev–Trinajstić information content (AvgIpc) is 2.39. The fourth-order valence-electron chi connectivity index (χ4n) is 1.54. The average molecular weight is 228 g/mol. The van der Waals surface area contributed by atoms with Crippen LogP contribution in [0.4, 0.5) is 0 Å². The highest BCUT2D eigenvalue weighted by molar-refractivity contribution is 5.94. The van der Waals surface area contributed by atoms with Gasteiger partial charge in [0.25, 0.3) is 0 Å². The van der Waals surface area contributed by atoms with E-state index in [1.54, 1.807) is 36.7 Å². The van der Waals surface area contributed by atoms with Crippen molar-refractivity contribution < 1.29 is 9.90 Å². The maximum absolute atomic E-state index is 11.1. The molecule has 2 aromatic rings. The van der Waals surface area contributed by atoms with Crippen LogP contribution < -0.4 is 0 Å². The lowest BCUT2D eigenvalue weighted by Gasteiger charge is -2.04. The van der Waals surface area contributed by atoms with Crippen molar-refractivity contribution in [3.63, 3.8) is 0 Å². The Morgan fingerprint density at radius 2 is 1.88 bits per heavy atom. The zero-order valence-electron chi connectivity index (χ0n) is 9.42. The van der Waals surface area contributed by atoms with Gasteiger partial charge in [0.1, 0.15) is 0 Å². The van der Waals surface area contributed by atoms with Crippen LogP contribution in [0.25, 0.3) is 11.4 Å². The Bertz CT molecular complexity index is 535. The molecule has 0 saturated carbocycles. The molecule has 0 aliphatic heterocycles. The molecule has 0 aliphatic carbocycles. The number of aromatic carboxylic acids is 1. The first-order chi connectivity index (χ1) is 8.22. The Labute approximate surface area is 99.0 Å². The van der Waals surface area contributed by atoms with Gasteiger partial charge in [0, 0.05) is 18.0 Å². The van der Waals surface area contributed by atoms with Gasteiger partial charge in [0.15, 0.2) is 5.82 Å². The highest BCUT2D eigenvalue weighted by Crippen LogP contribution is 2.19. The van der Waals surface area contributed by atoms with E-state index in [1.165, 1.54) is 0 Å². The first-order valence-electron chi connectivity index (χ1n) is 5.36. The van der Waals surface area contributed by atoms with Crippen LogP contribution in [0.1, 0.15) is 22.8 Å². The molecule has 1 N–H and O–H groups in total. The van der Waals surface area contributed by atoms with E-state index in [9.17, 15) is 4.79 Å². The molecule has 0 spiro atoms. The molecule has 2 rings (SSSR count). The predicted octanol–water partition coefficient (Wildman–Crippen LogP) is 2.40. The highest BCUT2D eigenvalue weighted by Gasteiger charge is 2.12. The molecule has 86 valence electrons. The molecule has 17 heavy (non-hydrogen) atoms. The molecule has 0 atom stereocenters. The van der Waals surface area contributed by atoms with Crippen LogP contribution in [0, 0.1) is 0 Å². The van der Waals surface area contributed by atoms with Crippen LogP contribution in [0.3, 0.4) is 0 Å². The van der Waals surface area contributed by atoms with E-state index in [0.717, 1.165) is 12.0 Å². The summed E-state index contributed by atoms with van der Waals surface area (Å²) >= 11 is 0. The standard InChI is InChI=1S/C13H12N2O2/c1-2-9-7-14-12(15-8-9)10-5-3-4-6-11(10)13(16)17/h3-8H,2H2,1H3,(H,16,17). The summed E-state index contributed by atoms with van der Waals surface area (Å²) in [6.45, 7) is 2.02. The Balaban J connectivity index is 2.48. The zero-order chi connectivity index (χ0) is 12.3. The maximum Gasteiger partial charge on any atom is 0.336 e. The number of hydrogen-bond donors (Lipinski definition) is 1. The summed E-state index contributed by atoms with van der Waals surface area (Å²) in [5, 5.41) is 9.07. The van der Waals surface area contributed by atoms with Gasteiger partial charge in [-0.25, -0.2) is 14.8 Å². The number of hydrogen-bond acceptors (Lipinski definition) is 3. The minimum Gasteiger partial charge on any atom is -0.478 e. The minimum absolute atomic E-state index is 0.219. The largest absolute Gasteiger partial charge is 0.478 e. The first-order valence-corrected chi connectivity index (χ1v) is 5.36. The Morgan fingerprint density at radius 3 is 2.47 bits per heavy atom. The van der Waals surface area contributed by atoms with E-state index in [0.29, 0.717) is 11.4 Å². The fraction of sp³-hybridized carbons (Fsp3) is 0.154. The topological polar surface area (TPSA) is 63.1 Å². The van der Waals surface area contributed by atoms with Gasteiger partial charge in [-0.05, 0) is 18.1 Å². The van der Waals surface area contributed by atoms with Crippen molar-refractivity contribution in [1.82, 2.24) is 9.97 Å². The number of rotatable bonds is 3. The summed E-state index contributed by atoms with van der Waals surface area (Å²) in [7, 11) is 0. The molecule has 0 aliphatic rings. The third kappa shape index (κ3) is 2.30. The minimum atomic E-state index is -0.969. The van der Waals surface area contributed by atoms with Crippen LogP contribution in [0.2, 0.25) is 0 Å². The summed E-state index contributed by atoms with van der Waals surface area (Å²) in [5.74, 6) is -0.524. The SMILES string of the molecule is CCc1cnc(-c2ccccc2C(=O)O)nc1. The smallest absolute Gasteiger partial charge is 0.336 e. The summed E-state index contributed by atoms with van der Waals surface area (Å²) in [6.07, 6.45) is 4.31. The first kappa shape index (κ1) is 11.3. The molecule has 0 fully saturated rings. The van der Waals surface area contributed by atoms with Gasteiger partial charge in [-0.3, -0.25) is 0 Å². The maximum atomic E-state index is 11.1. The van der Waals surface area contributed by atoms with Crippen LogP contribution in [0.5, 0.6) is 0 Å². The van der Waals surface area contributed by atoms with Gasteiger partial charge in [-0.15, -0.1) is 0 Å². The number of aromatic nitrogens is 2. The second-order valence-electron chi connectivity index (χ2n) is 3.62. The Hall–Kier alpha value is -2.23. The number of carboxylic acids is 1. The molecule has 4 heteroatoms. The van der Waals surface area contributed by atoms with E-state index in [1.807, 2.05) is 6.92 Å². The summed E-state index contributed by atoms with van der Waals surface area (Å²) < 4.78 is 0. The van der Waals surface area contributed by atoms with E-state index in [4.69, 9.17) is 5.11 Å². The summed E-state index contributed by atoms with van der Waals surface area (Å²) in [4.78, 5) is 19.4. The third-order valence-corrected chi connectivity index (χ3v) is 2.51. The number of carbonyl (C=O) groups is 1. The predicted molar refractivity (Wildman–Crippen MR) is 63.8 cm³/mol. The van der Waals surface area contributed by atoms with Crippen molar-refractivity contribution in [2.24, 2.45) is 0 Å². The molecular formula is C13H12N2O2. The molecule has 1 aromatic carbocycles. The van der Waals surface area contributed by atoms with Gasteiger partial charge < -0.3 is 5.11 Å². The number of nitrogens with zero attached hydrogens (tertiary/aromatic N) is 2. The van der Waals surface area contributed by atoms with Crippen molar-refractivity contribution in [3.8, 4) is 11.4 Å².